The Morgan fingerprint density at radius 2 is 2.10 bits per heavy atom. The molecule has 3 N–H and O–H groups in total. The Kier molecular flexibility index (Phi) is 3.64. The molecule has 1 fully saturated rings. The molecule has 0 radical (unpaired) electrons. The van der Waals surface area contributed by atoms with Gasteiger partial charge in [-0.15, -0.1) is 0 Å². The van der Waals surface area contributed by atoms with Gasteiger partial charge >= 0.3 is 10.2 Å². The van der Waals surface area contributed by atoms with Crippen LogP contribution in [0.1, 0.15) is 12.8 Å². The summed E-state index contributed by atoms with van der Waals surface area (Å²) in [6.45, 7) is 1.10. The van der Waals surface area contributed by atoms with E-state index in [0.29, 0.717) is 35.2 Å². The minimum absolute atomic E-state index is 0.320. The maximum atomic E-state index is 12.2. The molecule has 0 amide bonds. The molecule has 9 heteroatoms. The first-order valence-corrected chi connectivity index (χ1v) is 8.77. The molecule has 1 aromatic carbocycles. The number of benzene rings is 1. The average molecular weight is 328 g/mol. The number of nitrogens with two attached hydrogens (primary N) is 1. The van der Waals surface area contributed by atoms with E-state index in [-0.39, 0.29) is 0 Å². The second kappa shape index (κ2) is 5.32. The van der Waals surface area contributed by atoms with E-state index in [2.05, 4.69) is 9.71 Å². The molecule has 1 aliphatic heterocycles. The number of nitrogen functional groups attached to an aromatic ring is 1. The van der Waals surface area contributed by atoms with Gasteiger partial charge < -0.3 is 10.5 Å². The number of nitrogens with zero attached hydrogens (tertiary/aromatic N) is 2. The number of rotatable bonds is 4. The van der Waals surface area contributed by atoms with Crippen molar-refractivity contribution in [1.29, 1.82) is 0 Å². The van der Waals surface area contributed by atoms with Gasteiger partial charge in [0.1, 0.15) is 11.3 Å². The van der Waals surface area contributed by atoms with E-state index in [1.165, 1.54) is 22.8 Å². The van der Waals surface area contributed by atoms with E-state index in [9.17, 15) is 8.42 Å². The summed E-state index contributed by atoms with van der Waals surface area (Å²) in [4.78, 5) is 4.30. The zero-order chi connectivity index (χ0) is 15.0. The zero-order valence-electron chi connectivity index (χ0n) is 11.5. The first-order chi connectivity index (χ1) is 9.99. The highest BCUT2D eigenvalue weighted by molar-refractivity contribution is 7.90. The summed E-state index contributed by atoms with van der Waals surface area (Å²) < 4.78 is 34.4. The quantitative estimate of drug-likeness (QED) is 0.832. The molecule has 1 aliphatic rings. The number of hydrogen-bond acceptors (Lipinski definition) is 6. The molecule has 0 saturated carbocycles. The van der Waals surface area contributed by atoms with Crippen LogP contribution in [0, 0.1) is 0 Å². The molecule has 1 saturated heterocycles. The molecule has 3 rings (SSSR count). The van der Waals surface area contributed by atoms with E-state index in [4.69, 9.17) is 10.5 Å². The minimum atomic E-state index is -3.53. The third-order valence-electron chi connectivity index (χ3n) is 3.32. The Morgan fingerprint density at radius 3 is 2.76 bits per heavy atom. The van der Waals surface area contributed by atoms with E-state index < -0.39 is 10.2 Å². The van der Waals surface area contributed by atoms with Crippen molar-refractivity contribution in [3.63, 3.8) is 0 Å². The van der Waals surface area contributed by atoms with Crippen LogP contribution < -0.4 is 15.2 Å². The fraction of sp³-hybridized carbons (Fsp3) is 0.417. The van der Waals surface area contributed by atoms with Gasteiger partial charge in [0.2, 0.25) is 0 Å². The molecule has 2 aromatic rings. The summed E-state index contributed by atoms with van der Waals surface area (Å²) in [6, 6.07) is 3.42. The number of methoxy groups -OCH3 is 1. The Balaban J connectivity index is 1.94. The van der Waals surface area contributed by atoms with E-state index in [1.54, 1.807) is 12.1 Å². The van der Waals surface area contributed by atoms with Crippen LogP contribution in [0.25, 0.3) is 10.2 Å². The van der Waals surface area contributed by atoms with Crippen molar-refractivity contribution in [2.45, 2.75) is 12.8 Å². The highest BCUT2D eigenvalue weighted by atomic mass is 32.2. The van der Waals surface area contributed by atoms with Gasteiger partial charge in [0.25, 0.3) is 0 Å². The monoisotopic (exact) mass is 328 g/mol. The lowest BCUT2D eigenvalue weighted by Crippen LogP contribution is -2.33. The van der Waals surface area contributed by atoms with Gasteiger partial charge in [0, 0.05) is 24.8 Å². The molecule has 0 aliphatic carbocycles. The number of ether oxygens (including phenoxy) is 1. The number of aromatic nitrogens is 1. The van der Waals surface area contributed by atoms with Crippen molar-refractivity contribution >= 4 is 42.6 Å². The van der Waals surface area contributed by atoms with Crippen molar-refractivity contribution in [3.8, 4) is 5.75 Å². The fourth-order valence-electron chi connectivity index (χ4n) is 2.32. The summed E-state index contributed by atoms with van der Waals surface area (Å²) >= 11 is 1.24. The highest BCUT2D eigenvalue weighted by Gasteiger charge is 2.26. The standard InChI is InChI=1S/C12H16N4O3S2/c1-19-9-6-8(13)7-10-11(9)14-12(20-10)15-21(17,18)16-4-2-3-5-16/h6-7H,2-5,13H2,1H3,(H,14,15). The van der Waals surface area contributed by atoms with Crippen molar-refractivity contribution in [1.82, 2.24) is 9.29 Å². The Bertz CT molecular complexity index is 766. The molecular weight excluding hydrogens is 312 g/mol. The van der Waals surface area contributed by atoms with Gasteiger partial charge in [0.15, 0.2) is 5.13 Å². The third kappa shape index (κ3) is 2.76. The maximum Gasteiger partial charge on any atom is 0.303 e. The topological polar surface area (TPSA) is 97.5 Å². The van der Waals surface area contributed by atoms with Gasteiger partial charge in [-0.05, 0) is 18.9 Å². The fourth-order valence-corrected chi connectivity index (χ4v) is 4.72. The number of hydrogen-bond donors (Lipinski definition) is 2. The average Bonchev–Trinajstić information content (AvgIpc) is 3.05. The predicted molar refractivity (Wildman–Crippen MR) is 83.9 cm³/mol. The van der Waals surface area contributed by atoms with E-state index in [0.717, 1.165) is 17.5 Å². The molecule has 114 valence electrons. The molecule has 0 bridgehead atoms. The highest BCUT2D eigenvalue weighted by Crippen LogP contribution is 2.35. The van der Waals surface area contributed by atoms with Crippen LogP contribution in [-0.4, -0.2) is 37.9 Å². The molecule has 7 nitrogen and oxygen atoms in total. The Labute approximate surface area is 126 Å². The second-order valence-corrected chi connectivity index (χ2v) is 7.50. The van der Waals surface area contributed by atoms with E-state index >= 15 is 0 Å². The number of nitrogens with one attached hydrogen (secondary N) is 1. The Hall–Kier alpha value is -1.58. The molecule has 21 heavy (non-hydrogen) atoms. The molecular formula is C12H16N4O3S2. The normalized spacial score (nSPS) is 16.4. The van der Waals surface area contributed by atoms with Gasteiger partial charge in [0.05, 0.1) is 11.8 Å². The van der Waals surface area contributed by atoms with Crippen LogP contribution in [-0.2, 0) is 10.2 Å². The van der Waals surface area contributed by atoms with Gasteiger partial charge in [-0.3, -0.25) is 0 Å². The number of thiazole rings is 1. The lowest BCUT2D eigenvalue weighted by atomic mass is 10.3. The summed E-state index contributed by atoms with van der Waals surface area (Å²) in [7, 11) is -2.00. The van der Waals surface area contributed by atoms with Crippen LogP contribution >= 0.6 is 11.3 Å². The predicted octanol–water partition coefficient (Wildman–Crippen LogP) is 1.64. The van der Waals surface area contributed by atoms with Crippen molar-refractivity contribution in [2.24, 2.45) is 0 Å². The van der Waals surface area contributed by atoms with Gasteiger partial charge in [-0.2, -0.15) is 12.7 Å². The SMILES string of the molecule is COc1cc(N)cc2sc(NS(=O)(=O)N3CCCC3)nc12. The van der Waals surface area contributed by atoms with E-state index in [1.807, 2.05) is 0 Å². The summed E-state index contributed by atoms with van der Waals surface area (Å²) in [5.41, 5.74) is 6.95. The Morgan fingerprint density at radius 1 is 1.38 bits per heavy atom. The molecule has 0 unspecified atom stereocenters. The van der Waals surface area contributed by atoms with Crippen molar-refractivity contribution in [3.05, 3.63) is 12.1 Å². The lowest BCUT2D eigenvalue weighted by Gasteiger charge is -2.14. The van der Waals surface area contributed by atoms with Crippen molar-refractivity contribution < 1.29 is 13.2 Å². The first kappa shape index (κ1) is 14.4. The van der Waals surface area contributed by atoms with Crippen LogP contribution in [0.3, 0.4) is 0 Å². The molecule has 0 spiro atoms. The van der Waals surface area contributed by atoms with Gasteiger partial charge in [-0.1, -0.05) is 11.3 Å². The molecule has 2 heterocycles. The van der Waals surface area contributed by atoms with Crippen LogP contribution in [0.4, 0.5) is 10.8 Å². The third-order valence-corrected chi connectivity index (χ3v) is 5.87. The summed E-state index contributed by atoms with van der Waals surface area (Å²) in [6.07, 6.45) is 1.79. The number of fused-ring (bicyclic) bond motifs is 1. The van der Waals surface area contributed by atoms with Gasteiger partial charge in [-0.25, -0.2) is 9.71 Å². The summed E-state index contributed by atoms with van der Waals surface area (Å²) in [5, 5.41) is 0.320. The van der Waals surface area contributed by atoms with Crippen LogP contribution in [0.15, 0.2) is 12.1 Å². The van der Waals surface area contributed by atoms with Crippen molar-refractivity contribution in [2.75, 3.05) is 30.7 Å². The second-order valence-electron chi connectivity index (χ2n) is 4.80. The smallest absolute Gasteiger partial charge is 0.303 e. The molecule has 0 atom stereocenters. The summed E-state index contributed by atoms with van der Waals surface area (Å²) in [5.74, 6) is 0.535. The largest absolute Gasteiger partial charge is 0.494 e. The van der Waals surface area contributed by atoms with Crippen LogP contribution in [0.5, 0.6) is 5.75 Å². The first-order valence-electron chi connectivity index (χ1n) is 6.51. The molecule has 1 aromatic heterocycles. The maximum absolute atomic E-state index is 12.2. The number of anilines is 2. The lowest BCUT2D eigenvalue weighted by molar-refractivity contribution is 0.419. The van der Waals surface area contributed by atoms with Crippen LogP contribution in [0.2, 0.25) is 0 Å². The zero-order valence-corrected chi connectivity index (χ0v) is 13.1. The minimum Gasteiger partial charge on any atom is -0.494 e.